The predicted octanol–water partition coefficient (Wildman–Crippen LogP) is 2.91. The molecular formula is C16H17ClN2O5S. The number of anilines is 2. The van der Waals surface area contributed by atoms with Crippen molar-refractivity contribution in [3.05, 3.63) is 47.0 Å². The van der Waals surface area contributed by atoms with Gasteiger partial charge in [0.15, 0.2) is 0 Å². The van der Waals surface area contributed by atoms with Gasteiger partial charge in [-0.2, -0.15) is 0 Å². The van der Waals surface area contributed by atoms with E-state index in [1.807, 2.05) is 0 Å². The number of ether oxygens (including phenoxy) is 1. The highest BCUT2D eigenvalue weighted by atomic mass is 35.5. The third kappa shape index (κ3) is 4.15. The van der Waals surface area contributed by atoms with E-state index in [9.17, 15) is 18.3 Å². The van der Waals surface area contributed by atoms with Crippen molar-refractivity contribution in [2.75, 3.05) is 30.8 Å². The SMILES string of the molecule is COc1ccc(S(=O)(=O)Nc2ccc(N(C)C)c(C(=O)O)c2)cc1Cl. The molecule has 0 saturated heterocycles. The van der Waals surface area contributed by atoms with Crippen LogP contribution in [0.3, 0.4) is 0 Å². The van der Waals surface area contributed by atoms with Gasteiger partial charge in [-0.05, 0) is 36.4 Å². The summed E-state index contributed by atoms with van der Waals surface area (Å²) in [5.74, 6) is -0.804. The van der Waals surface area contributed by atoms with Crippen molar-refractivity contribution in [2.24, 2.45) is 0 Å². The molecule has 25 heavy (non-hydrogen) atoms. The zero-order chi connectivity index (χ0) is 18.8. The monoisotopic (exact) mass is 384 g/mol. The molecule has 0 atom stereocenters. The fraction of sp³-hybridized carbons (Fsp3) is 0.188. The van der Waals surface area contributed by atoms with Crippen LogP contribution in [0.1, 0.15) is 10.4 Å². The lowest BCUT2D eigenvalue weighted by Gasteiger charge is -2.17. The summed E-state index contributed by atoms with van der Waals surface area (Å²) in [5.41, 5.74) is 0.579. The smallest absolute Gasteiger partial charge is 0.337 e. The number of carbonyl (C=O) groups is 1. The molecule has 0 bridgehead atoms. The zero-order valence-corrected chi connectivity index (χ0v) is 15.4. The minimum absolute atomic E-state index is 0.0158. The second-order valence-electron chi connectivity index (χ2n) is 5.33. The van der Waals surface area contributed by atoms with Gasteiger partial charge in [0.25, 0.3) is 10.0 Å². The van der Waals surface area contributed by atoms with Crippen LogP contribution in [0.2, 0.25) is 5.02 Å². The largest absolute Gasteiger partial charge is 0.495 e. The van der Waals surface area contributed by atoms with Crippen LogP contribution < -0.4 is 14.4 Å². The highest BCUT2D eigenvalue weighted by Gasteiger charge is 2.19. The number of hydrogen-bond donors (Lipinski definition) is 2. The fourth-order valence-corrected chi connectivity index (χ4v) is 3.59. The highest BCUT2D eigenvalue weighted by molar-refractivity contribution is 7.92. The van der Waals surface area contributed by atoms with Gasteiger partial charge < -0.3 is 14.7 Å². The molecule has 134 valence electrons. The Morgan fingerprint density at radius 3 is 2.40 bits per heavy atom. The second-order valence-corrected chi connectivity index (χ2v) is 7.42. The molecule has 0 amide bonds. The number of aromatic carboxylic acids is 1. The van der Waals surface area contributed by atoms with Crippen LogP contribution in [0.4, 0.5) is 11.4 Å². The van der Waals surface area contributed by atoms with Crippen molar-refractivity contribution in [3.8, 4) is 5.75 Å². The molecule has 0 aromatic heterocycles. The lowest BCUT2D eigenvalue weighted by Crippen LogP contribution is -2.16. The van der Waals surface area contributed by atoms with Crippen molar-refractivity contribution >= 4 is 39.0 Å². The number of rotatable bonds is 6. The summed E-state index contributed by atoms with van der Waals surface area (Å²) in [6.45, 7) is 0. The van der Waals surface area contributed by atoms with E-state index in [2.05, 4.69) is 4.72 Å². The minimum atomic E-state index is -3.93. The quantitative estimate of drug-likeness (QED) is 0.795. The minimum Gasteiger partial charge on any atom is -0.495 e. The van der Waals surface area contributed by atoms with Crippen molar-refractivity contribution < 1.29 is 23.1 Å². The number of carboxylic acids is 1. The second kappa shape index (κ2) is 7.20. The summed E-state index contributed by atoms with van der Waals surface area (Å²) in [7, 11) is 0.890. The molecule has 0 aliphatic carbocycles. The summed E-state index contributed by atoms with van der Waals surface area (Å²) in [6, 6.07) is 8.33. The van der Waals surface area contributed by atoms with Crippen LogP contribution in [0.25, 0.3) is 0 Å². The maximum Gasteiger partial charge on any atom is 0.337 e. The van der Waals surface area contributed by atoms with Gasteiger partial charge in [0.05, 0.1) is 28.3 Å². The summed E-state index contributed by atoms with van der Waals surface area (Å²) < 4.78 is 32.3. The van der Waals surface area contributed by atoms with Gasteiger partial charge in [0.1, 0.15) is 5.75 Å². The first kappa shape index (κ1) is 18.9. The zero-order valence-electron chi connectivity index (χ0n) is 13.8. The highest BCUT2D eigenvalue weighted by Crippen LogP contribution is 2.29. The van der Waals surface area contributed by atoms with E-state index in [1.165, 1.54) is 43.5 Å². The molecule has 0 unspecified atom stereocenters. The fourth-order valence-electron chi connectivity index (χ4n) is 2.19. The van der Waals surface area contributed by atoms with Crippen LogP contribution in [-0.4, -0.2) is 40.7 Å². The molecule has 0 fully saturated rings. The lowest BCUT2D eigenvalue weighted by molar-refractivity contribution is 0.0697. The summed E-state index contributed by atoms with van der Waals surface area (Å²) in [5, 5.41) is 9.47. The van der Waals surface area contributed by atoms with Crippen molar-refractivity contribution in [3.63, 3.8) is 0 Å². The number of carboxylic acid groups (broad SMARTS) is 1. The van der Waals surface area contributed by atoms with E-state index >= 15 is 0 Å². The molecule has 2 N–H and O–H groups in total. The molecule has 0 aliphatic heterocycles. The van der Waals surface area contributed by atoms with Gasteiger partial charge in [0, 0.05) is 19.8 Å². The summed E-state index contributed by atoms with van der Waals surface area (Å²) in [6.07, 6.45) is 0. The average molecular weight is 385 g/mol. The summed E-state index contributed by atoms with van der Waals surface area (Å²) in [4.78, 5) is 13.0. The summed E-state index contributed by atoms with van der Waals surface area (Å²) >= 11 is 5.96. The molecule has 0 spiro atoms. The van der Waals surface area contributed by atoms with Gasteiger partial charge in [-0.1, -0.05) is 11.6 Å². The third-order valence-corrected chi connectivity index (χ3v) is 5.07. The molecule has 7 nitrogen and oxygen atoms in total. The Labute approximate surface area is 150 Å². The van der Waals surface area contributed by atoms with Crippen molar-refractivity contribution in [1.29, 1.82) is 0 Å². The molecule has 0 saturated carbocycles. The van der Waals surface area contributed by atoms with Crippen LogP contribution in [-0.2, 0) is 10.0 Å². The Hall–Kier alpha value is -2.45. The van der Waals surface area contributed by atoms with Crippen molar-refractivity contribution in [1.82, 2.24) is 0 Å². The predicted molar refractivity (Wildman–Crippen MR) is 96.5 cm³/mol. The Morgan fingerprint density at radius 1 is 1.20 bits per heavy atom. The first-order valence-electron chi connectivity index (χ1n) is 7.06. The molecule has 9 heteroatoms. The molecule has 2 rings (SSSR count). The van der Waals surface area contributed by atoms with Crippen LogP contribution in [0.5, 0.6) is 5.75 Å². The van der Waals surface area contributed by atoms with E-state index in [1.54, 1.807) is 19.0 Å². The van der Waals surface area contributed by atoms with Gasteiger partial charge in [0.2, 0.25) is 0 Å². The molecule has 2 aromatic carbocycles. The molecular weight excluding hydrogens is 368 g/mol. The third-order valence-electron chi connectivity index (χ3n) is 3.39. The lowest BCUT2D eigenvalue weighted by atomic mass is 10.1. The number of nitrogens with one attached hydrogen (secondary N) is 1. The van der Waals surface area contributed by atoms with Gasteiger partial charge in [-0.15, -0.1) is 0 Å². The van der Waals surface area contributed by atoms with E-state index < -0.39 is 16.0 Å². The van der Waals surface area contributed by atoms with Crippen LogP contribution in [0, 0.1) is 0 Å². The number of sulfonamides is 1. The van der Waals surface area contributed by atoms with Crippen molar-refractivity contribution in [2.45, 2.75) is 4.90 Å². The topological polar surface area (TPSA) is 95.9 Å². The Morgan fingerprint density at radius 2 is 1.88 bits per heavy atom. The van der Waals surface area contributed by atoms with E-state index in [0.29, 0.717) is 11.4 Å². The van der Waals surface area contributed by atoms with E-state index in [4.69, 9.17) is 16.3 Å². The van der Waals surface area contributed by atoms with E-state index in [0.717, 1.165) is 0 Å². The first-order chi connectivity index (χ1) is 11.7. The Balaban J connectivity index is 2.39. The van der Waals surface area contributed by atoms with E-state index in [-0.39, 0.29) is 21.2 Å². The molecule has 0 heterocycles. The number of halogens is 1. The van der Waals surface area contributed by atoms with Gasteiger partial charge >= 0.3 is 5.97 Å². The average Bonchev–Trinajstić information content (AvgIpc) is 2.54. The first-order valence-corrected chi connectivity index (χ1v) is 8.93. The maximum atomic E-state index is 12.5. The maximum absolute atomic E-state index is 12.5. The Bertz CT molecular complexity index is 913. The van der Waals surface area contributed by atoms with Gasteiger partial charge in [-0.3, -0.25) is 4.72 Å². The number of benzene rings is 2. The molecule has 2 aromatic rings. The van der Waals surface area contributed by atoms with Crippen LogP contribution >= 0.6 is 11.6 Å². The number of hydrogen-bond acceptors (Lipinski definition) is 5. The normalized spacial score (nSPS) is 11.0. The number of nitrogens with zero attached hydrogens (tertiary/aromatic N) is 1. The van der Waals surface area contributed by atoms with Gasteiger partial charge in [-0.25, -0.2) is 13.2 Å². The van der Waals surface area contributed by atoms with Crippen LogP contribution in [0.15, 0.2) is 41.3 Å². The molecule has 0 aliphatic rings. The Kier molecular flexibility index (Phi) is 5.44. The standard InChI is InChI=1S/C16H17ClN2O5S/c1-19(2)14-6-4-10(8-12(14)16(20)21)18-25(22,23)11-5-7-15(24-3)13(17)9-11/h4-9,18H,1-3H3,(H,20,21). The number of methoxy groups -OCH3 is 1. The molecule has 0 radical (unpaired) electrons.